The van der Waals surface area contributed by atoms with Gasteiger partial charge < -0.3 is 10.0 Å². The molecule has 0 unspecified atom stereocenters. The number of hydrogen-bond donors (Lipinski definition) is 1. The molecule has 7 heteroatoms. The summed E-state index contributed by atoms with van der Waals surface area (Å²) in [5.74, 6) is 0.375. The van der Waals surface area contributed by atoms with Crippen LogP contribution in [0.4, 0.5) is 0 Å². The topological polar surface area (TPSA) is 71.2 Å². The summed E-state index contributed by atoms with van der Waals surface area (Å²) in [5, 5.41) is 14.5. The third-order valence-corrected chi connectivity index (χ3v) is 5.24. The lowest BCUT2D eigenvalue weighted by Gasteiger charge is -2.27. The molecule has 0 bridgehead atoms. The standard InChI is InChI=1S/C15H20N4O2S/c1-9(2)14-16-10(3)13(22-14)15(21)18-4-5-19-12(7-18)6-11(8-20)17-19/h6,9,20H,4-5,7-8H2,1-3H3. The molecule has 3 heterocycles. The van der Waals surface area contributed by atoms with Crippen molar-refractivity contribution in [3.05, 3.63) is 33.0 Å². The fraction of sp³-hybridized carbons (Fsp3) is 0.533. The third kappa shape index (κ3) is 2.66. The maximum absolute atomic E-state index is 12.8. The highest BCUT2D eigenvalue weighted by Crippen LogP contribution is 2.27. The van der Waals surface area contributed by atoms with Gasteiger partial charge in [-0.05, 0) is 13.0 Å². The lowest BCUT2D eigenvalue weighted by Crippen LogP contribution is -2.38. The zero-order chi connectivity index (χ0) is 15.9. The molecular weight excluding hydrogens is 300 g/mol. The number of rotatable bonds is 3. The minimum absolute atomic E-state index is 0.0416. The van der Waals surface area contributed by atoms with Crippen LogP contribution < -0.4 is 0 Å². The second-order valence-corrected chi connectivity index (χ2v) is 6.89. The molecule has 0 aliphatic carbocycles. The second-order valence-electron chi connectivity index (χ2n) is 5.86. The Hall–Kier alpha value is -1.73. The van der Waals surface area contributed by atoms with Gasteiger partial charge in [0.25, 0.3) is 5.91 Å². The van der Waals surface area contributed by atoms with Crippen LogP contribution in [0, 0.1) is 6.92 Å². The minimum atomic E-state index is -0.0698. The van der Waals surface area contributed by atoms with E-state index in [1.165, 1.54) is 11.3 Å². The van der Waals surface area contributed by atoms with E-state index < -0.39 is 0 Å². The molecule has 3 rings (SSSR count). The molecule has 0 saturated heterocycles. The molecule has 1 amide bonds. The summed E-state index contributed by atoms with van der Waals surface area (Å²) in [6.45, 7) is 7.82. The molecule has 0 saturated carbocycles. The highest BCUT2D eigenvalue weighted by atomic mass is 32.1. The van der Waals surface area contributed by atoms with Crippen molar-refractivity contribution in [2.45, 2.75) is 46.4 Å². The van der Waals surface area contributed by atoms with Crippen molar-refractivity contribution in [1.82, 2.24) is 19.7 Å². The summed E-state index contributed by atoms with van der Waals surface area (Å²) in [4.78, 5) is 19.8. The Kier molecular flexibility index (Phi) is 4.01. The fourth-order valence-electron chi connectivity index (χ4n) is 2.58. The van der Waals surface area contributed by atoms with E-state index in [1.807, 2.05) is 22.6 Å². The van der Waals surface area contributed by atoms with Crippen LogP contribution in [0.2, 0.25) is 0 Å². The van der Waals surface area contributed by atoms with Gasteiger partial charge in [-0.25, -0.2) is 4.98 Å². The average Bonchev–Trinajstić information content (AvgIpc) is 3.08. The van der Waals surface area contributed by atoms with Gasteiger partial charge in [-0.1, -0.05) is 13.8 Å². The highest BCUT2D eigenvalue weighted by molar-refractivity contribution is 7.13. The maximum atomic E-state index is 12.8. The van der Waals surface area contributed by atoms with Crippen molar-refractivity contribution in [3.63, 3.8) is 0 Å². The number of amides is 1. The first-order chi connectivity index (χ1) is 10.5. The summed E-state index contributed by atoms with van der Waals surface area (Å²) in [6, 6.07) is 1.86. The van der Waals surface area contributed by atoms with Gasteiger partial charge in [-0.3, -0.25) is 9.48 Å². The quantitative estimate of drug-likeness (QED) is 0.938. The van der Waals surface area contributed by atoms with Crippen molar-refractivity contribution in [1.29, 1.82) is 0 Å². The minimum Gasteiger partial charge on any atom is -0.390 e. The molecule has 118 valence electrons. The van der Waals surface area contributed by atoms with E-state index in [2.05, 4.69) is 23.9 Å². The number of carbonyl (C=O) groups is 1. The number of aliphatic hydroxyl groups is 1. The summed E-state index contributed by atoms with van der Waals surface area (Å²) >= 11 is 1.50. The SMILES string of the molecule is Cc1nc(C(C)C)sc1C(=O)N1CCn2nc(CO)cc2C1. The number of aromatic nitrogens is 3. The van der Waals surface area contributed by atoms with Gasteiger partial charge in [0.1, 0.15) is 4.88 Å². The number of aryl methyl sites for hydroxylation is 1. The Balaban J connectivity index is 1.81. The van der Waals surface area contributed by atoms with Crippen LogP contribution >= 0.6 is 11.3 Å². The van der Waals surface area contributed by atoms with Gasteiger partial charge in [-0.15, -0.1) is 11.3 Å². The summed E-state index contributed by atoms with van der Waals surface area (Å²) in [6.07, 6.45) is 0. The van der Waals surface area contributed by atoms with Gasteiger partial charge in [0.05, 0.1) is 41.8 Å². The number of carbonyl (C=O) groups excluding carboxylic acids is 1. The van der Waals surface area contributed by atoms with Gasteiger partial charge in [0.2, 0.25) is 0 Å². The smallest absolute Gasteiger partial charge is 0.266 e. The molecule has 0 fully saturated rings. The molecule has 2 aromatic rings. The van der Waals surface area contributed by atoms with E-state index in [0.717, 1.165) is 21.3 Å². The molecule has 0 radical (unpaired) electrons. The molecule has 1 N–H and O–H groups in total. The first kappa shape index (κ1) is 15.2. The van der Waals surface area contributed by atoms with Crippen molar-refractivity contribution in [3.8, 4) is 0 Å². The monoisotopic (exact) mass is 320 g/mol. The molecule has 22 heavy (non-hydrogen) atoms. The number of thiazole rings is 1. The predicted molar refractivity (Wildman–Crippen MR) is 83.8 cm³/mol. The largest absolute Gasteiger partial charge is 0.390 e. The van der Waals surface area contributed by atoms with Crippen LogP contribution in [0.1, 0.15) is 51.5 Å². The molecule has 1 aliphatic rings. The van der Waals surface area contributed by atoms with Crippen LogP contribution in [0.5, 0.6) is 0 Å². The van der Waals surface area contributed by atoms with Gasteiger partial charge in [0.15, 0.2) is 0 Å². The highest BCUT2D eigenvalue weighted by Gasteiger charge is 2.26. The Morgan fingerprint density at radius 3 is 2.86 bits per heavy atom. The summed E-state index contributed by atoms with van der Waals surface area (Å²) in [7, 11) is 0. The lowest BCUT2D eigenvalue weighted by molar-refractivity contribution is 0.0710. The maximum Gasteiger partial charge on any atom is 0.266 e. The zero-order valence-electron chi connectivity index (χ0n) is 13.0. The molecule has 2 aromatic heterocycles. The lowest BCUT2D eigenvalue weighted by atomic mass is 10.2. The first-order valence-corrected chi connectivity index (χ1v) is 8.24. The van der Waals surface area contributed by atoms with Gasteiger partial charge in [0, 0.05) is 12.5 Å². The molecule has 0 atom stereocenters. The van der Waals surface area contributed by atoms with Crippen LogP contribution in [0.15, 0.2) is 6.07 Å². The Morgan fingerprint density at radius 1 is 1.45 bits per heavy atom. The first-order valence-electron chi connectivity index (χ1n) is 7.42. The predicted octanol–water partition coefficient (Wildman–Crippen LogP) is 1.92. The van der Waals surface area contributed by atoms with Gasteiger partial charge in [-0.2, -0.15) is 5.10 Å². The van der Waals surface area contributed by atoms with Crippen LogP contribution in [0.25, 0.3) is 0 Å². The normalized spacial score (nSPS) is 14.5. The van der Waals surface area contributed by atoms with E-state index in [9.17, 15) is 4.79 Å². The molecule has 0 aromatic carbocycles. The van der Waals surface area contributed by atoms with E-state index in [0.29, 0.717) is 31.2 Å². The molecule has 6 nitrogen and oxygen atoms in total. The second kappa shape index (κ2) is 5.81. The fourth-order valence-corrected chi connectivity index (χ4v) is 3.62. The number of aliphatic hydroxyl groups excluding tert-OH is 1. The van der Waals surface area contributed by atoms with E-state index in [1.54, 1.807) is 0 Å². The molecule has 0 spiro atoms. The third-order valence-electron chi connectivity index (χ3n) is 3.80. The van der Waals surface area contributed by atoms with Crippen LogP contribution in [-0.2, 0) is 19.7 Å². The van der Waals surface area contributed by atoms with E-state index >= 15 is 0 Å². The van der Waals surface area contributed by atoms with Crippen molar-refractivity contribution < 1.29 is 9.90 Å². The zero-order valence-corrected chi connectivity index (χ0v) is 13.9. The van der Waals surface area contributed by atoms with Crippen molar-refractivity contribution in [2.24, 2.45) is 0 Å². The Morgan fingerprint density at radius 2 is 2.23 bits per heavy atom. The van der Waals surface area contributed by atoms with Crippen molar-refractivity contribution >= 4 is 17.2 Å². The Labute approximate surface area is 133 Å². The van der Waals surface area contributed by atoms with Crippen LogP contribution in [0.3, 0.4) is 0 Å². The van der Waals surface area contributed by atoms with Gasteiger partial charge >= 0.3 is 0 Å². The molecule has 1 aliphatic heterocycles. The number of hydrogen-bond acceptors (Lipinski definition) is 5. The number of nitrogens with zero attached hydrogens (tertiary/aromatic N) is 4. The summed E-state index contributed by atoms with van der Waals surface area (Å²) in [5.41, 5.74) is 2.43. The van der Waals surface area contributed by atoms with Crippen LogP contribution in [-0.4, -0.2) is 37.2 Å². The van der Waals surface area contributed by atoms with E-state index in [4.69, 9.17) is 5.11 Å². The van der Waals surface area contributed by atoms with Crippen molar-refractivity contribution in [2.75, 3.05) is 6.54 Å². The van der Waals surface area contributed by atoms with E-state index in [-0.39, 0.29) is 12.5 Å². The average molecular weight is 320 g/mol. The Bertz CT molecular complexity index is 704. The number of fused-ring (bicyclic) bond motifs is 1. The summed E-state index contributed by atoms with van der Waals surface area (Å²) < 4.78 is 1.87. The molecular formula is C15H20N4O2S.